The highest BCUT2D eigenvalue weighted by Crippen LogP contribution is 2.39. The van der Waals surface area contributed by atoms with Crippen molar-refractivity contribution in [3.8, 4) is 0 Å². The summed E-state index contributed by atoms with van der Waals surface area (Å²) in [6, 6.07) is 2.92. The number of amides is 1. The Morgan fingerprint density at radius 1 is 1.23 bits per heavy atom. The van der Waals surface area contributed by atoms with Gasteiger partial charge in [-0.15, -0.1) is 0 Å². The first-order chi connectivity index (χ1) is 13.7. The van der Waals surface area contributed by atoms with Gasteiger partial charge in [-0.1, -0.05) is 0 Å². The molecular formula is C21H32BFN2O5. The minimum absolute atomic E-state index is 0.208. The van der Waals surface area contributed by atoms with Gasteiger partial charge in [0.15, 0.2) is 0 Å². The zero-order valence-corrected chi connectivity index (χ0v) is 18.9. The first kappa shape index (κ1) is 24.1. The molecule has 1 aromatic rings. The summed E-state index contributed by atoms with van der Waals surface area (Å²) in [6.45, 7) is 13.5. The van der Waals surface area contributed by atoms with Crippen LogP contribution in [0, 0.1) is 0 Å². The standard InChI is InChI=1S/C21H32BFN2O5/c1-19(2,3)28-18(27)24-11-8-12-25-14-15(9-10-17(25)26)13-16(23)22-29-20(4,5)21(6,7)30-22/h9-10,13-14H,8,11-12H2,1-7H3,(H,24,27). The fourth-order valence-corrected chi connectivity index (χ4v) is 2.75. The molecule has 1 aliphatic heterocycles. The van der Waals surface area contributed by atoms with Crippen LogP contribution in [0.3, 0.4) is 0 Å². The monoisotopic (exact) mass is 422 g/mol. The summed E-state index contributed by atoms with van der Waals surface area (Å²) in [4.78, 5) is 23.7. The second-order valence-corrected chi connectivity index (χ2v) is 9.39. The van der Waals surface area contributed by atoms with Crippen LogP contribution in [-0.2, 0) is 20.6 Å². The van der Waals surface area contributed by atoms with E-state index in [9.17, 15) is 14.0 Å². The Balaban J connectivity index is 1.97. The van der Waals surface area contributed by atoms with Crippen molar-refractivity contribution in [2.24, 2.45) is 0 Å². The minimum Gasteiger partial charge on any atom is -0.444 e. The number of aryl methyl sites for hydroxylation is 1. The summed E-state index contributed by atoms with van der Waals surface area (Å²) in [6.07, 6.45) is 2.89. The second-order valence-electron chi connectivity index (χ2n) is 9.39. The van der Waals surface area contributed by atoms with Gasteiger partial charge in [-0.25, -0.2) is 9.18 Å². The number of nitrogens with zero attached hydrogens (tertiary/aromatic N) is 1. The first-order valence-electron chi connectivity index (χ1n) is 10.1. The van der Waals surface area contributed by atoms with E-state index in [0.717, 1.165) is 0 Å². The first-order valence-corrected chi connectivity index (χ1v) is 10.1. The molecule has 2 rings (SSSR count). The van der Waals surface area contributed by atoms with E-state index in [1.165, 1.54) is 16.7 Å². The molecule has 0 saturated carbocycles. The van der Waals surface area contributed by atoms with E-state index >= 15 is 0 Å². The van der Waals surface area contributed by atoms with Crippen LogP contribution < -0.4 is 10.9 Å². The maximum Gasteiger partial charge on any atom is 0.525 e. The number of ether oxygens (including phenoxy) is 1. The van der Waals surface area contributed by atoms with Crippen molar-refractivity contribution >= 4 is 19.3 Å². The molecule has 0 spiro atoms. The molecule has 1 amide bonds. The van der Waals surface area contributed by atoms with Crippen molar-refractivity contribution in [1.29, 1.82) is 0 Å². The quantitative estimate of drug-likeness (QED) is 0.559. The van der Waals surface area contributed by atoms with E-state index in [2.05, 4.69) is 5.32 Å². The molecule has 0 radical (unpaired) electrons. The van der Waals surface area contributed by atoms with E-state index < -0.39 is 35.7 Å². The Morgan fingerprint density at radius 2 is 1.83 bits per heavy atom. The number of pyridine rings is 1. The highest BCUT2D eigenvalue weighted by molar-refractivity contribution is 6.54. The molecule has 1 aliphatic rings. The fraction of sp³-hybridized carbons (Fsp3) is 0.619. The summed E-state index contributed by atoms with van der Waals surface area (Å²) < 4.78 is 32.7. The third-order valence-corrected chi connectivity index (χ3v) is 5.03. The number of hydrogen-bond donors (Lipinski definition) is 1. The number of nitrogens with one attached hydrogen (secondary N) is 1. The molecule has 1 N–H and O–H groups in total. The lowest BCUT2D eigenvalue weighted by atomic mass is 9.87. The van der Waals surface area contributed by atoms with E-state index in [-0.39, 0.29) is 5.56 Å². The van der Waals surface area contributed by atoms with Gasteiger partial charge < -0.3 is 23.9 Å². The number of hydrogen-bond acceptors (Lipinski definition) is 5. The summed E-state index contributed by atoms with van der Waals surface area (Å²) in [7, 11) is -1.09. The Kier molecular flexibility index (Phi) is 7.19. The van der Waals surface area contributed by atoms with E-state index in [1.54, 1.807) is 33.0 Å². The lowest BCUT2D eigenvalue weighted by molar-refractivity contribution is 0.00578. The molecule has 2 heterocycles. The van der Waals surface area contributed by atoms with Crippen molar-refractivity contribution in [2.75, 3.05) is 6.54 Å². The topological polar surface area (TPSA) is 78.8 Å². The highest BCUT2D eigenvalue weighted by Gasteiger charge is 2.53. The maximum absolute atomic E-state index is 14.7. The number of carbonyl (C=O) groups excluding carboxylic acids is 1. The fourth-order valence-electron chi connectivity index (χ4n) is 2.75. The SMILES string of the molecule is CC(C)(C)OC(=O)NCCCn1cc(C=C(F)B2OC(C)(C)C(C)(C)O2)ccc1=O. The van der Waals surface area contributed by atoms with Gasteiger partial charge in [-0.2, -0.15) is 0 Å². The molecular weight excluding hydrogens is 390 g/mol. The molecule has 9 heteroatoms. The lowest BCUT2D eigenvalue weighted by Crippen LogP contribution is -2.41. The van der Waals surface area contributed by atoms with Crippen LogP contribution in [0.15, 0.2) is 28.9 Å². The van der Waals surface area contributed by atoms with E-state index in [1.807, 2.05) is 27.7 Å². The van der Waals surface area contributed by atoms with Crippen molar-refractivity contribution in [2.45, 2.75) is 78.2 Å². The van der Waals surface area contributed by atoms with Crippen molar-refractivity contribution in [3.63, 3.8) is 0 Å². The van der Waals surface area contributed by atoms with Crippen molar-refractivity contribution < 1.29 is 23.2 Å². The van der Waals surface area contributed by atoms with Crippen molar-refractivity contribution in [1.82, 2.24) is 9.88 Å². The zero-order valence-electron chi connectivity index (χ0n) is 18.9. The summed E-state index contributed by atoms with van der Waals surface area (Å²) >= 11 is 0. The Labute approximate surface area is 177 Å². The maximum atomic E-state index is 14.7. The predicted octanol–water partition coefficient (Wildman–Crippen LogP) is 3.70. The summed E-state index contributed by atoms with van der Waals surface area (Å²) in [5, 5.41) is 2.65. The van der Waals surface area contributed by atoms with Crippen molar-refractivity contribution in [3.05, 3.63) is 40.0 Å². The van der Waals surface area contributed by atoms with Gasteiger partial charge in [0.1, 0.15) is 11.3 Å². The van der Waals surface area contributed by atoms with Gasteiger partial charge in [0.05, 0.1) is 11.2 Å². The zero-order chi connectivity index (χ0) is 22.7. The number of aromatic nitrogens is 1. The van der Waals surface area contributed by atoms with Gasteiger partial charge in [0.2, 0.25) is 0 Å². The van der Waals surface area contributed by atoms with Crippen LogP contribution >= 0.6 is 0 Å². The average molecular weight is 422 g/mol. The van der Waals surface area contributed by atoms with Crippen LogP contribution in [0.4, 0.5) is 9.18 Å². The molecule has 0 atom stereocenters. The Morgan fingerprint density at radius 3 is 2.40 bits per heavy atom. The molecule has 0 bridgehead atoms. The van der Waals surface area contributed by atoms with Gasteiger partial charge in [-0.05, 0) is 72.6 Å². The molecule has 7 nitrogen and oxygen atoms in total. The minimum atomic E-state index is -1.09. The molecule has 1 aromatic heterocycles. The van der Waals surface area contributed by atoms with Crippen LogP contribution in [0.5, 0.6) is 0 Å². The van der Waals surface area contributed by atoms with Crippen LogP contribution in [0.2, 0.25) is 0 Å². The van der Waals surface area contributed by atoms with E-state index in [0.29, 0.717) is 25.1 Å². The molecule has 0 aromatic carbocycles. The van der Waals surface area contributed by atoms with E-state index in [4.69, 9.17) is 14.0 Å². The average Bonchev–Trinajstić information content (AvgIpc) is 2.80. The molecule has 30 heavy (non-hydrogen) atoms. The van der Waals surface area contributed by atoms with Crippen LogP contribution in [0.1, 0.15) is 60.5 Å². The second kappa shape index (κ2) is 8.94. The van der Waals surface area contributed by atoms with Crippen LogP contribution in [0.25, 0.3) is 6.08 Å². The lowest BCUT2D eigenvalue weighted by Gasteiger charge is -2.32. The van der Waals surface area contributed by atoms with Gasteiger partial charge in [-0.3, -0.25) is 4.79 Å². The van der Waals surface area contributed by atoms with Crippen LogP contribution in [-0.4, -0.2) is 41.1 Å². The van der Waals surface area contributed by atoms with Gasteiger partial charge in [0.25, 0.3) is 5.56 Å². The predicted molar refractivity (Wildman–Crippen MR) is 115 cm³/mol. The summed E-state index contributed by atoms with van der Waals surface area (Å²) in [5.74, 6) is 0. The number of rotatable bonds is 6. The molecule has 166 valence electrons. The largest absolute Gasteiger partial charge is 0.525 e. The summed E-state index contributed by atoms with van der Waals surface area (Å²) in [5.41, 5.74) is -2.10. The smallest absolute Gasteiger partial charge is 0.444 e. The molecule has 0 unspecified atom stereocenters. The third-order valence-electron chi connectivity index (χ3n) is 5.03. The number of halogens is 1. The number of carbonyl (C=O) groups is 1. The molecule has 1 saturated heterocycles. The third kappa shape index (κ3) is 6.44. The Bertz CT molecular complexity index is 842. The highest BCUT2D eigenvalue weighted by atomic mass is 19.1. The van der Waals surface area contributed by atoms with Gasteiger partial charge in [0, 0.05) is 25.4 Å². The normalized spacial score (nSPS) is 18.4. The van der Waals surface area contributed by atoms with Gasteiger partial charge >= 0.3 is 13.2 Å². The Hall–Kier alpha value is -2.13. The molecule has 0 aliphatic carbocycles. The number of alkyl carbamates (subject to hydrolysis) is 1. The molecule has 1 fully saturated rings.